The number of hydrogen-bond donors (Lipinski definition) is 2. The number of aliphatic hydroxyl groups is 1. The van der Waals surface area contributed by atoms with Gasteiger partial charge in [-0.3, -0.25) is 9.59 Å². The molecule has 0 bridgehead atoms. The molecule has 2 aliphatic carbocycles. The average molecular weight is 449 g/mol. The van der Waals surface area contributed by atoms with E-state index < -0.39 is 12.2 Å². The van der Waals surface area contributed by atoms with E-state index >= 15 is 0 Å². The maximum atomic E-state index is 13.3. The van der Waals surface area contributed by atoms with Crippen molar-refractivity contribution >= 4 is 17.6 Å². The number of aliphatic carboxylic acids is 1. The number of rotatable bonds is 8. The van der Waals surface area contributed by atoms with Gasteiger partial charge in [0.05, 0.1) is 12.5 Å². The fraction of sp³-hybridized carbons (Fsp3) is 0.481. The smallest absolute Gasteiger partial charge is 0.303 e. The minimum atomic E-state index is -0.933. The second kappa shape index (κ2) is 9.18. The number of para-hydroxylation sites is 1. The van der Waals surface area contributed by atoms with E-state index in [9.17, 15) is 14.7 Å². The number of carbonyl (C=O) groups excluding carboxylic acids is 1. The lowest BCUT2D eigenvalue weighted by molar-refractivity contribution is -0.142. The first-order valence-corrected chi connectivity index (χ1v) is 12.2. The van der Waals surface area contributed by atoms with Gasteiger partial charge in [0.2, 0.25) is 5.91 Å². The Morgan fingerprint density at radius 2 is 1.70 bits per heavy atom. The molecule has 2 fully saturated rings. The molecule has 6 heteroatoms. The molecule has 33 heavy (non-hydrogen) atoms. The highest BCUT2D eigenvalue weighted by Gasteiger charge is 2.50. The molecule has 174 valence electrons. The summed E-state index contributed by atoms with van der Waals surface area (Å²) in [4.78, 5) is 28.6. The summed E-state index contributed by atoms with van der Waals surface area (Å²) in [6.45, 7) is 0. The molecule has 1 aliphatic heterocycles. The number of nitrogens with zero attached hydrogens (tertiary/aromatic N) is 2. The van der Waals surface area contributed by atoms with Crippen LogP contribution in [0.15, 0.2) is 54.6 Å². The van der Waals surface area contributed by atoms with Gasteiger partial charge in [-0.15, -0.1) is 0 Å². The lowest BCUT2D eigenvalue weighted by atomic mass is 9.81. The Bertz CT molecular complexity index is 1010. The van der Waals surface area contributed by atoms with Crippen molar-refractivity contribution in [2.45, 2.75) is 75.7 Å². The van der Waals surface area contributed by atoms with Gasteiger partial charge in [-0.25, -0.2) is 0 Å². The second-order valence-corrected chi connectivity index (χ2v) is 9.67. The molecule has 5 rings (SSSR count). The zero-order valence-corrected chi connectivity index (χ0v) is 18.8. The largest absolute Gasteiger partial charge is 0.481 e. The molecule has 0 aromatic heterocycles. The summed E-state index contributed by atoms with van der Waals surface area (Å²) in [6, 6.07) is 18.6. The fourth-order valence-corrected chi connectivity index (χ4v) is 6.01. The van der Waals surface area contributed by atoms with Gasteiger partial charge < -0.3 is 20.0 Å². The first-order valence-electron chi connectivity index (χ1n) is 12.2. The van der Waals surface area contributed by atoms with E-state index in [0.29, 0.717) is 6.42 Å². The number of amides is 1. The molecule has 0 saturated heterocycles. The van der Waals surface area contributed by atoms with Crippen LogP contribution in [0.4, 0.5) is 5.69 Å². The maximum Gasteiger partial charge on any atom is 0.303 e. The van der Waals surface area contributed by atoms with Crippen LogP contribution in [0.5, 0.6) is 0 Å². The monoisotopic (exact) mass is 448 g/mol. The molecule has 2 aromatic carbocycles. The Labute approximate surface area is 194 Å². The SMILES string of the molecule is O=C(O)CCC(=O)N(C1CC1)C1c2ccccc2N(C(O)Cc2ccccc2)C2CCCC12. The quantitative estimate of drug-likeness (QED) is 0.635. The minimum absolute atomic E-state index is 0.0439. The van der Waals surface area contributed by atoms with Crippen molar-refractivity contribution < 1.29 is 19.8 Å². The Morgan fingerprint density at radius 1 is 0.970 bits per heavy atom. The number of fused-ring (bicyclic) bond motifs is 2. The van der Waals surface area contributed by atoms with Crippen LogP contribution in [0, 0.1) is 5.92 Å². The number of carbonyl (C=O) groups is 2. The molecule has 0 spiro atoms. The van der Waals surface area contributed by atoms with E-state index in [1.165, 1.54) is 0 Å². The van der Waals surface area contributed by atoms with Crippen molar-refractivity contribution in [2.24, 2.45) is 5.92 Å². The van der Waals surface area contributed by atoms with Crippen LogP contribution in [0.25, 0.3) is 0 Å². The number of carboxylic acid groups (broad SMARTS) is 1. The summed E-state index contributed by atoms with van der Waals surface area (Å²) in [5.41, 5.74) is 3.19. The van der Waals surface area contributed by atoms with E-state index in [1.807, 2.05) is 47.4 Å². The highest BCUT2D eigenvalue weighted by Crippen LogP contribution is 2.53. The van der Waals surface area contributed by atoms with E-state index in [-0.39, 0.29) is 42.8 Å². The average Bonchev–Trinajstić information content (AvgIpc) is 3.53. The molecule has 2 aromatic rings. The van der Waals surface area contributed by atoms with E-state index in [0.717, 1.165) is 48.9 Å². The highest BCUT2D eigenvalue weighted by atomic mass is 16.4. The van der Waals surface area contributed by atoms with Crippen LogP contribution in [-0.2, 0) is 16.0 Å². The molecule has 6 nitrogen and oxygen atoms in total. The predicted molar refractivity (Wildman–Crippen MR) is 126 cm³/mol. The fourth-order valence-electron chi connectivity index (χ4n) is 6.01. The van der Waals surface area contributed by atoms with Crippen molar-refractivity contribution in [3.05, 3.63) is 65.7 Å². The topological polar surface area (TPSA) is 81.1 Å². The van der Waals surface area contributed by atoms with Gasteiger partial charge in [0, 0.05) is 36.5 Å². The Balaban J connectivity index is 1.50. The highest BCUT2D eigenvalue weighted by molar-refractivity contribution is 5.82. The van der Waals surface area contributed by atoms with Crippen molar-refractivity contribution in [2.75, 3.05) is 4.90 Å². The van der Waals surface area contributed by atoms with Gasteiger partial charge in [0.15, 0.2) is 0 Å². The molecule has 1 heterocycles. The predicted octanol–water partition coefficient (Wildman–Crippen LogP) is 4.13. The van der Waals surface area contributed by atoms with Crippen LogP contribution in [-0.4, -0.2) is 45.3 Å². The third-order valence-electron chi connectivity index (χ3n) is 7.49. The van der Waals surface area contributed by atoms with Crippen molar-refractivity contribution in [3.8, 4) is 0 Å². The third-order valence-corrected chi connectivity index (χ3v) is 7.49. The summed E-state index contributed by atoms with van der Waals surface area (Å²) in [5, 5.41) is 20.5. The first-order chi connectivity index (χ1) is 16.0. The van der Waals surface area contributed by atoms with Crippen LogP contribution < -0.4 is 4.90 Å². The van der Waals surface area contributed by atoms with Gasteiger partial charge in [-0.05, 0) is 42.9 Å². The normalized spacial score (nSPS) is 24.6. The van der Waals surface area contributed by atoms with E-state index in [2.05, 4.69) is 17.0 Å². The van der Waals surface area contributed by atoms with Crippen LogP contribution in [0.1, 0.15) is 62.1 Å². The standard InChI is InChI=1S/C27H32N2O4/c30-24(15-16-26(32)33)28(19-13-14-19)27-20-9-4-5-11-22(20)29(23-12-6-10-21(23)27)25(31)17-18-7-2-1-3-8-18/h1-5,7-9,11,19,21,23,25,27,31H,6,10,12-17H2,(H,32,33). The van der Waals surface area contributed by atoms with Gasteiger partial charge in [0.25, 0.3) is 0 Å². The van der Waals surface area contributed by atoms with Gasteiger partial charge >= 0.3 is 5.97 Å². The van der Waals surface area contributed by atoms with E-state index in [4.69, 9.17) is 5.11 Å². The summed E-state index contributed by atoms with van der Waals surface area (Å²) < 4.78 is 0. The molecular weight excluding hydrogens is 416 g/mol. The Morgan fingerprint density at radius 3 is 2.42 bits per heavy atom. The lowest BCUT2D eigenvalue weighted by Crippen LogP contribution is -2.54. The Hall–Kier alpha value is -2.86. The zero-order chi connectivity index (χ0) is 22.9. The number of aliphatic hydroxyl groups excluding tert-OH is 1. The number of hydrogen-bond acceptors (Lipinski definition) is 4. The number of benzene rings is 2. The molecule has 1 amide bonds. The van der Waals surface area contributed by atoms with Crippen molar-refractivity contribution in [1.82, 2.24) is 4.90 Å². The molecular formula is C27H32N2O4. The van der Waals surface area contributed by atoms with Gasteiger partial charge in [-0.1, -0.05) is 55.0 Å². The zero-order valence-electron chi connectivity index (χ0n) is 18.8. The summed E-state index contributed by atoms with van der Waals surface area (Å²) in [5.74, 6) is -0.750. The minimum Gasteiger partial charge on any atom is -0.481 e. The Kier molecular flexibility index (Phi) is 6.11. The van der Waals surface area contributed by atoms with Crippen molar-refractivity contribution in [3.63, 3.8) is 0 Å². The molecule has 2 saturated carbocycles. The lowest BCUT2D eigenvalue weighted by Gasteiger charge is -2.50. The molecule has 2 N–H and O–H groups in total. The maximum absolute atomic E-state index is 13.3. The molecule has 3 aliphatic rings. The second-order valence-electron chi connectivity index (χ2n) is 9.67. The van der Waals surface area contributed by atoms with Crippen LogP contribution >= 0.6 is 0 Å². The molecule has 4 unspecified atom stereocenters. The van der Waals surface area contributed by atoms with Gasteiger partial charge in [0.1, 0.15) is 6.23 Å². The summed E-state index contributed by atoms with van der Waals surface area (Å²) in [7, 11) is 0. The number of anilines is 1. The first kappa shape index (κ1) is 22.0. The van der Waals surface area contributed by atoms with Crippen LogP contribution in [0.3, 0.4) is 0 Å². The summed E-state index contributed by atoms with van der Waals surface area (Å²) in [6.07, 6.45) is 4.84. The van der Waals surface area contributed by atoms with Crippen LogP contribution in [0.2, 0.25) is 0 Å². The van der Waals surface area contributed by atoms with E-state index in [1.54, 1.807) is 0 Å². The number of carboxylic acids is 1. The van der Waals surface area contributed by atoms with Crippen molar-refractivity contribution in [1.29, 1.82) is 0 Å². The molecule has 4 atom stereocenters. The molecule has 0 radical (unpaired) electrons. The third kappa shape index (κ3) is 4.36. The van der Waals surface area contributed by atoms with Gasteiger partial charge in [-0.2, -0.15) is 0 Å². The summed E-state index contributed by atoms with van der Waals surface area (Å²) >= 11 is 0.